The summed E-state index contributed by atoms with van der Waals surface area (Å²) in [6, 6.07) is 6.46. The normalized spacial score (nSPS) is 24.8. The third kappa shape index (κ3) is 5.69. The van der Waals surface area contributed by atoms with E-state index in [1.54, 1.807) is 24.3 Å². The molecule has 2 saturated heterocycles. The summed E-state index contributed by atoms with van der Waals surface area (Å²) in [5.74, 6) is 1.33. The maximum atomic E-state index is 12.8. The third-order valence-electron chi connectivity index (χ3n) is 6.72. The van der Waals surface area contributed by atoms with Crippen LogP contribution in [0.25, 0.3) is 0 Å². The summed E-state index contributed by atoms with van der Waals surface area (Å²) in [5.41, 5.74) is 0.672. The first-order chi connectivity index (χ1) is 15.0. The number of phenolic OH excluding ortho intramolecular Hbond substituents is 1. The molecule has 2 amide bonds. The van der Waals surface area contributed by atoms with Crippen molar-refractivity contribution in [2.75, 3.05) is 38.0 Å². The van der Waals surface area contributed by atoms with Crippen LogP contribution in [0, 0.1) is 17.8 Å². The second-order valence-electron chi connectivity index (χ2n) is 8.82. The summed E-state index contributed by atoms with van der Waals surface area (Å²) in [6.45, 7) is 3.37. The standard InChI is InChI=1S/C24H30ClN3O3/c25-20-3-1-17(2-4-20)18-10-13-28(14-11-18)23(30)16-27-12-9-19(15-27)24(31)26-21-5-7-22(29)8-6-21/h1,3-8,17-19,29H,2,9-16H2,(H,26,31). The Hall–Kier alpha value is -2.31. The average Bonchev–Trinajstić information content (AvgIpc) is 3.25. The van der Waals surface area contributed by atoms with E-state index in [0.29, 0.717) is 30.6 Å². The van der Waals surface area contributed by atoms with Crippen LogP contribution in [0.5, 0.6) is 5.75 Å². The molecule has 7 heteroatoms. The molecule has 1 aromatic carbocycles. The van der Waals surface area contributed by atoms with E-state index in [9.17, 15) is 14.7 Å². The summed E-state index contributed by atoms with van der Waals surface area (Å²) in [4.78, 5) is 29.4. The minimum atomic E-state index is -0.120. The Bertz CT molecular complexity index is 859. The average molecular weight is 444 g/mol. The van der Waals surface area contributed by atoms with Crippen LogP contribution in [0.3, 0.4) is 0 Å². The van der Waals surface area contributed by atoms with Crippen LogP contribution in [0.4, 0.5) is 5.69 Å². The Morgan fingerprint density at radius 1 is 1.10 bits per heavy atom. The Morgan fingerprint density at radius 3 is 2.52 bits per heavy atom. The van der Waals surface area contributed by atoms with Crippen molar-refractivity contribution in [3.05, 3.63) is 47.5 Å². The number of nitrogens with zero attached hydrogens (tertiary/aromatic N) is 2. The first-order valence-electron chi connectivity index (χ1n) is 11.1. The smallest absolute Gasteiger partial charge is 0.236 e. The van der Waals surface area contributed by atoms with Gasteiger partial charge >= 0.3 is 0 Å². The number of amides is 2. The molecule has 2 atom stereocenters. The number of benzene rings is 1. The van der Waals surface area contributed by atoms with Crippen molar-refractivity contribution in [2.24, 2.45) is 17.8 Å². The lowest BCUT2D eigenvalue weighted by molar-refractivity contribution is -0.134. The summed E-state index contributed by atoms with van der Waals surface area (Å²) < 4.78 is 0. The number of nitrogens with one attached hydrogen (secondary N) is 1. The minimum absolute atomic E-state index is 0.0313. The van der Waals surface area contributed by atoms with Crippen molar-refractivity contribution in [1.82, 2.24) is 9.80 Å². The molecule has 1 aromatic rings. The number of allylic oxidation sites excluding steroid dienone is 4. The van der Waals surface area contributed by atoms with Gasteiger partial charge in [-0.3, -0.25) is 14.5 Å². The van der Waals surface area contributed by atoms with Crippen LogP contribution in [-0.4, -0.2) is 59.4 Å². The highest BCUT2D eigenvalue weighted by molar-refractivity contribution is 6.31. The third-order valence-corrected chi connectivity index (χ3v) is 7.00. The van der Waals surface area contributed by atoms with E-state index in [-0.39, 0.29) is 23.5 Å². The van der Waals surface area contributed by atoms with E-state index in [1.807, 2.05) is 11.0 Å². The minimum Gasteiger partial charge on any atom is -0.508 e. The molecule has 31 heavy (non-hydrogen) atoms. The lowest BCUT2D eigenvalue weighted by Crippen LogP contribution is -2.44. The molecule has 0 radical (unpaired) electrons. The van der Waals surface area contributed by atoms with Crippen molar-refractivity contribution in [1.29, 1.82) is 0 Å². The van der Waals surface area contributed by atoms with E-state index in [0.717, 1.165) is 50.3 Å². The zero-order chi connectivity index (χ0) is 21.8. The molecule has 166 valence electrons. The van der Waals surface area contributed by atoms with E-state index >= 15 is 0 Å². The zero-order valence-corrected chi connectivity index (χ0v) is 18.4. The number of phenols is 1. The monoisotopic (exact) mass is 443 g/mol. The SMILES string of the molecule is O=C(Nc1ccc(O)cc1)C1CCN(CC(=O)N2CCC(C3C=CC(Cl)=CC3)CC2)C1. The van der Waals surface area contributed by atoms with Crippen molar-refractivity contribution in [3.8, 4) is 5.75 Å². The van der Waals surface area contributed by atoms with Crippen molar-refractivity contribution < 1.29 is 14.7 Å². The number of aromatic hydroxyl groups is 1. The van der Waals surface area contributed by atoms with E-state index < -0.39 is 0 Å². The molecule has 6 nitrogen and oxygen atoms in total. The van der Waals surface area contributed by atoms with E-state index in [4.69, 9.17) is 11.6 Å². The molecule has 3 aliphatic rings. The number of carbonyl (C=O) groups is 2. The van der Waals surface area contributed by atoms with E-state index in [1.165, 1.54) is 0 Å². The summed E-state index contributed by atoms with van der Waals surface area (Å²) in [5, 5.41) is 13.1. The molecule has 1 aliphatic carbocycles. The van der Waals surface area contributed by atoms with Gasteiger partial charge in [-0.05, 0) is 74.4 Å². The summed E-state index contributed by atoms with van der Waals surface area (Å²) in [7, 11) is 0. The number of hydrogen-bond acceptors (Lipinski definition) is 4. The van der Waals surface area contributed by atoms with Gasteiger partial charge in [-0.2, -0.15) is 0 Å². The van der Waals surface area contributed by atoms with Crippen LogP contribution < -0.4 is 5.32 Å². The fraction of sp³-hybridized carbons (Fsp3) is 0.500. The maximum absolute atomic E-state index is 12.8. The van der Waals surface area contributed by atoms with Crippen LogP contribution in [0.2, 0.25) is 0 Å². The van der Waals surface area contributed by atoms with E-state index in [2.05, 4.69) is 22.4 Å². The van der Waals surface area contributed by atoms with Crippen molar-refractivity contribution in [2.45, 2.75) is 25.7 Å². The highest BCUT2D eigenvalue weighted by Gasteiger charge is 2.32. The molecule has 4 rings (SSSR count). The quantitative estimate of drug-likeness (QED) is 0.682. The van der Waals surface area contributed by atoms with Crippen LogP contribution in [0.15, 0.2) is 47.5 Å². The first kappa shape index (κ1) is 21.9. The Balaban J connectivity index is 1.20. The summed E-state index contributed by atoms with van der Waals surface area (Å²) >= 11 is 6.03. The van der Waals surface area contributed by atoms with Gasteiger partial charge in [0, 0.05) is 30.4 Å². The second-order valence-corrected chi connectivity index (χ2v) is 9.26. The van der Waals surface area contributed by atoms with Crippen LogP contribution in [0.1, 0.15) is 25.7 Å². The van der Waals surface area contributed by atoms with Crippen LogP contribution in [-0.2, 0) is 9.59 Å². The zero-order valence-electron chi connectivity index (χ0n) is 17.7. The second kappa shape index (κ2) is 9.88. The number of likely N-dealkylation sites (tertiary alicyclic amines) is 2. The molecule has 2 heterocycles. The molecule has 2 unspecified atom stereocenters. The fourth-order valence-corrected chi connectivity index (χ4v) is 4.97. The number of rotatable bonds is 5. The molecule has 0 spiro atoms. The first-order valence-corrected chi connectivity index (χ1v) is 11.5. The maximum Gasteiger partial charge on any atom is 0.236 e. The predicted molar refractivity (Wildman–Crippen MR) is 122 cm³/mol. The molecule has 0 aromatic heterocycles. The molecule has 2 aliphatic heterocycles. The van der Waals surface area contributed by atoms with Gasteiger partial charge in [-0.15, -0.1) is 0 Å². The fourth-order valence-electron chi connectivity index (χ4n) is 4.81. The number of halogens is 1. The number of piperidine rings is 1. The molecule has 0 saturated carbocycles. The molecular weight excluding hydrogens is 414 g/mol. The van der Waals surface area contributed by atoms with Crippen molar-refractivity contribution >= 4 is 29.1 Å². The lowest BCUT2D eigenvalue weighted by atomic mass is 9.81. The molecular formula is C24H30ClN3O3. The molecule has 0 bridgehead atoms. The van der Waals surface area contributed by atoms with Crippen LogP contribution >= 0.6 is 11.6 Å². The molecule has 2 fully saturated rings. The van der Waals surface area contributed by atoms with Gasteiger partial charge in [-0.1, -0.05) is 23.8 Å². The van der Waals surface area contributed by atoms with Gasteiger partial charge in [0.05, 0.1) is 12.5 Å². The topological polar surface area (TPSA) is 72.9 Å². The molecule has 2 N–H and O–H groups in total. The highest BCUT2D eigenvalue weighted by Crippen LogP contribution is 2.32. The number of anilines is 1. The van der Waals surface area contributed by atoms with Gasteiger partial charge < -0.3 is 15.3 Å². The summed E-state index contributed by atoms with van der Waals surface area (Å²) in [6.07, 6.45) is 10.1. The Morgan fingerprint density at radius 2 is 1.84 bits per heavy atom. The number of hydrogen-bond donors (Lipinski definition) is 2. The Labute approximate surface area is 188 Å². The van der Waals surface area contributed by atoms with Crippen molar-refractivity contribution in [3.63, 3.8) is 0 Å². The van der Waals surface area contributed by atoms with Gasteiger partial charge in [0.25, 0.3) is 0 Å². The van der Waals surface area contributed by atoms with Gasteiger partial charge in [-0.25, -0.2) is 0 Å². The van der Waals surface area contributed by atoms with Gasteiger partial charge in [0.15, 0.2) is 0 Å². The largest absolute Gasteiger partial charge is 0.508 e. The van der Waals surface area contributed by atoms with Gasteiger partial charge in [0.1, 0.15) is 5.75 Å². The van der Waals surface area contributed by atoms with Gasteiger partial charge in [0.2, 0.25) is 11.8 Å². The predicted octanol–water partition coefficient (Wildman–Crippen LogP) is 3.59. The lowest BCUT2D eigenvalue weighted by Gasteiger charge is -2.36. The highest BCUT2D eigenvalue weighted by atomic mass is 35.5. The Kier molecular flexibility index (Phi) is 6.98. The number of carbonyl (C=O) groups excluding carboxylic acids is 2.